The minimum absolute atomic E-state index is 0.211. The molecule has 2 heterocycles. The number of piperidine rings is 1. The van der Waals surface area contributed by atoms with Crippen LogP contribution in [0.15, 0.2) is 53.4 Å². The van der Waals surface area contributed by atoms with Crippen LogP contribution >= 0.6 is 0 Å². The van der Waals surface area contributed by atoms with Gasteiger partial charge in [-0.3, -0.25) is 4.79 Å². The number of carbonyl (C=O) groups excluding carboxylic acids is 1. The lowest BCUT2D eigenvalue weighted by Gasteiger charge is -2.30. The molecule has 1 aliphatic heterocycles. The van der Waals surface area contributed by atoms with Crippen LogP contribution in [0, 0.1) is 0 Å². The number of aromatic nitrogens is 2. The molecule has 0 atom stereocenters. The number of carbonyl (C=O) groups is 1. The molecule has 1 aromatic heterocycles. The van der Waals surface area contributed by atoms with Gasteiger partial charge in [-0.05, 0) is 49.2 Å². The van der Waals surface area contributed by atoms with E-state index < -0.39 is 10.0 Å². The second-order valence-electron chi connectivity index (χ2n) is 6.92. The number of rotatable bonds is 4. The summed E-state index contributed by atoms with van der Waals surface area (Å²) in [5.41, 5.74) is 2.37. The summed E-state index contributed by atoms with van der Waals surface area (Å²) in [5, 5.41) is 2.53. The fourth-order valence-electron chi connectivity index (χ4n) is 3.61. The number of nitrogens with one attached hydrogen (secondary N) is 2. The van der Waals surface area contributed by atoms with Gasteiger partial charge in [0.05, 0.1) is 15.9 Å². The monoisotopic (exact) mass is 398 g/mol. The number of benzene rings is 2. The number of para-hydroxylation sites is 2. The third-order valence-corrected chi connectivity index (χ3v) is 7.14. The molecule has 4 rings (SSSR count). The van der Waals surface area contributed by atoms with E-state index in [0.717, 1.165) is 29.7 Å². The maximum atomic E-state index is 12.9. The van der Waals surface area contributed by atoms with Gasteiger partial charge in [0.15, 0.2) is 0 Å². The molecule has 2 aromatic carbocycles. The molecular formula is C20H22N4O3S. The van der Waals surface area contributed by atoms with Crippen molar-refractivity contribution in [1.82, 2.24) is 19.6 Å². The highest BCUT2D eigenvalue weighted by Crippen LogP contribution is 2.30. The van der Waals surface area contributed by atoms with Gasteiger partial charge in [-0.15, -0.1) is 0 Å². The molecule has 0 spiro atoms. The molecule has 0 bridgehead atoms. The molecular weight excluding hydrogens is 376 g/mol. The van der Waals surface area contributed by atoms with Crippen LogP contribution in [0.1, 0.15) is 34.9 Å². The SMILES string of the molecule is CNC(=O)c1ccc(S(=O)(=O)N2CCC(c3nc4ccccc4[nH]3)CC2)cc1. The molecule has 0 aliphatic carbocycles. The first-order chi connectivity index (χ1) is 13.5. The van der Waals surface area contributed by atoms with Gasteiger partial charge in [0.25, 0.3) is 5.91 Å². The standard InChI is InChI=1S/C20H22N4O3S/c1-21-20(25)15-6-8-16(9-7-15)28(26,27)24-12-10-14(11-13-24)19-22-17-4-2-3-5-18(17)23-19/h2-9,14H,10-13H2,1H3,(H,21,25)(H,22,23). The van der Waals surface area contributed by atoms with Crippen LogP contribution in [0.25, 0.3) is 11.0 Å². The van der Waals surface area contributed by atoms with Crippen LogP contribution in [0.2, 0.25) is 0 Å². The Labute approximate surface area is 163 Å². The molecule has 0 saturated carbocycles. The van der Waals surface area contributed by atoms with E-state index in [2.05, 4.69) is 15.3 Å². The van der Waals surface area contributed by atoms with Crippen molar-refractivity contribution in [2.45, 2.75) is 23.7 Å². The molecule has 28 heavy (non-hydrogen) atoms. The van der Waals surface area contributed by atoms with Crippen molar-refractivity contribution in [3.8, 4) is 0 Å². The van der Waals surface area contributed by atoms with Crippen molar-refractivity contribution in [3.05, 3.63) is 59.9 Å². The Kier molecular flexibility index (Phi) is 4.91. The fraction of sp³-hybridized carbons (Fsp3) is 0.300. The van der Waals surface area contributed by atoms with Crippen molar-refractivity contribution >= 4 is 27.0 Å². The zero-order chi connectivity index (χ0) is 19.7. The van der Waals surface area contributed by atoms with E-state index in [0.29, 0.717) is 18.7 Å². The van der Waals surface area contributed by atoms with Gasteiger partial charge in [-0.1, -0.05) is 12.1 Å². The summed E-state index contributed by atoms with van der Waals surface area (Å²) >= 11 is 0. The van der Waals surface area contributed by atoms with Gasteiger partial charge in [-0.25, -0.2) is 13.4 Å². The first-order valence-electron chi connectivity index (χ1n) is 9.26. The molecule has 3 aromatic rings. The number of nitrogens with zero attached hydrogens (tertiary/aromatic N) is 2. The quantitative estimate of drug-likeness (QED) is 0.706. The zero-order valence-corrected chi connectivity index (χ0v) is 16.4. The number of hydrogen-bond acceptors (Lipinski definition) is 4. The number of hydrogen-bond donors (Lipinski definition) is 2. The summed E-state index contributed by atoms with van der Waals surface area (Å²) < 4.78 is 27.4. The zero-order valence-electron chi connectivity index (χ0n) is 15.6. The Bertz CT molecular complexity index is 1060. The summed E-state index contributed by atoms with van der Waals surface area (Å²) in [6.45, 7) is 0.891. The first kappa shape index (κ1) is 18.6. The Morgan fingerprint density at radius 2 is 1.79 bits per heavy atom. The van der Waals surface area contributed by atoms with Crippen molar-refractivity contribution in [2.24, 2.45) is 0 Å². The minimum Gasteiger partial charge on any atom is -0.355 e. The van der Waals surface area contributed by atoms with Crippen LogP contribution in [-0.2, 0) is 10.0 Å². The van der Waals surface area contributed by atoms with E-state index in [9.17, 15) is 13.2 Å². The predicted octanol–water partition coefficient (Wildman–Crippen LogP) is 2.49. The van der Waals surface area contributed by atoms with E-state index >= 15 is 0 Å². The summed E-state index contributed by atoms with van der Waals surface area (Å²) in [6.07, 6.45) is 1.44. The topological polar surface area (TPSA) is 95.2 Å². The van der Waals surface area contributed by atoms with Crippen LogP contribution in [-0.4, -0.2) is 48.7 Å². The summed E-state index contributed by atoms with van der Waals surface area (Å²) in [4.78, 5) is 19.9. The number of amides is 1. The molecule has 0 radical (unpaired) electrons. The van der Waals surface area contributed by atoms with Crippen molar-refractivity contribution in [3.63, 3.8) is 0 Å². The Morgan fingerprint density at radius 1 is 1.11 bits per heavy atom. The van der Waals surface area contributed by atoms with E-state index in [1.807, 2.05) is 24.3 Å². The van der Waals surface area contributed by atoms with Gasteiger partial charge in [0, 0.05) is 31.6 Å². The largest absolute Gasteiger partial charge is 0.355 e. The third-order valence-electron chi connectivity index (χ3n) is 5.23. The van der Waals surface area contributed by atoms with E-state index in [1.54, 1.807) is 7.05 Å². The van der Waals surface area contributed by atoms with Crippen LogP contribution in [0.3, 0.4) is 0 Å². The summed E-state index contributed by atoms with van der Waals surface area (Å²) in [6, 6.07) is 13.9. The van der Waals surface area contributed by atoms with Gasteiger partial charge >= 0.3 is 0 Å². The van der Waals surface area contributed by atoms with Crippen LogP contribution in [0.4, 0.5) is 0 Å². The van der Waals surface area contributed by atoms with Gasteiger partial charge in [0.1, 0.15) is 5.82 Å². The number of H-pyrrole nitrogens is 1. The Balaban J connectivity index is 1.47. The lowest BCUT2D eigenvalue weighted by molar-refractivity contribution is 0.0963. The number of fused-ring (bicyclic) bond motifs is 1. The lowest BCUT2D eigenvalue weighted by atomic mass is 9.97. The van der Waals surface area contributed by atoms with E-state index in [1.165, 1.54) is 28.6 Å². The molecule has 0 unspecified atom stereocenters. The smallest absolute Gasteiger partial charge is 0.251 e. The lowest BCUT2D eigenvalue weighted by Crippen LogP contribution is -2.38. The minimum atomic E-state index is -3.57. The van der Waals surface area contributed by atoms with Gasteiger partial charge < -0.3 is 10.3 Å². The number of imidazole rings is 1. The number of sulfonamides is 1. The second-order valence-corrected chi connectivity index (χ2v) is 8.86. The highest BCUT2D eigenvalue weighted by Gasteiger charge is 2.31. The van der Waals surface area contributed by atoms with E-state index in [4.69, 9.17) is 0 Å². The molecule has 1 amide bonds. The summed E-state index contributed by atoms with van der Waals surface area (Å²) in [7, 11) is -2.03. The van der Waals surface area contributed by atoms with Crippen molar-refractivity contribution in [2.75, 3.05) is 20.1 Å². The molecule has 7 nitrogen and oxygen atoms in total. The predicted molar refractivity (Wildman–Crippen MR) is 107 cm³/mol. The Morgan fingerprint density at radius 3 is 2.43 bits per heavy atom. The maximum Gasteiger partial charge on any atom is 0.251 e. The highest BCUT2D eigenvalue weighted by molar-refractivity contribution is 7.89. The fourth-order valence-corrected chi connectivity index (χ4v) is 5.08. The van der Waals surface area contributed by atoms with Crippen LogP contribution < -0.4 is 5.32 Å². The first-order valence-corrected chi connectivity index (χ1v) is 10.7. The van der Waals surface area contributed by atoms with E-state index in [-0.39, 0.29) is 16.7 Å². The highest BCUT2D eigenvalue weighted by atomic mass is 32.2. The van der Waals surface area contributed by atoms with Crippen molar-refractivity contribution in [1.29, 1.82) is 0 Å². The average Bonchev–Trinajstić information content (AvgIpc) is 3.17. The second kappa shape index (κ2) is 7.37. The molecule has 1 fully saturated rings. The average molecular weight is 398 g/mol. The van der Waals surface area contributed by atoms with Crippen LogP contribution in [0.5, 0.6) is 0 Å². The van der Waals surface area contributed by atoms with Crippen molar-refractivity contribution < 1.29 is 13.2 Å². The molecule has 1 saturated heterocycles. The normalized spacial score (nSPS) is 16.3. The maximum absolute atomic E-state index is 12.9. The molecule has 1 aliphatic rings. The molecule has 2 N–H and O–H groups in total. The Hall–Kier alpha value is -2.71. The third kappa shape index (κ3) is 3.41. The molecule has 146 valence electrons. The molecule has 8 heteroatoms. The van der Waals surface area contributed by atoms with Gasteiger partial charge in [-0.2, -0.15) is 4.31 Å². The summed E-state index contributed by atoms with van der Waals surface area (Å²) in [5.74, 6) is 0.901. The van der Waals surface area contributed by atoms with Gasteiger partial charge in [0.2, 0.25) is 10.0 Å². The number of aromatic amines is 1.